The molecule has 1 heterocycles. The van der Waals surface area contributed by atoms with Crippen molar-refractivity contribution in [3.05, 3.63) is 65.0 Å². The molecule has 0 aliphatic rings. The number of aryl methyl sites for hydroxylation is 1. The number of carbonyl (C=O) groups is 1. The summed E-state index contributed by atoms with van der Waals surface area (Å²) in [6.45, 7) is 1.64. The average molecular weight is 409 g/mol. The van der Waals surface area contributed by atoms with Crippen LogP contribution in [0.5, 0.6) is 0 Å². The van der Waals surface area contributed by atoms with Gasteiger partial charge in [0.2, 0.25) is 5.82 Å². The summed E-state index contributed by atoms with van der Waals surface area (Å²) in [6.07, 6.45) is 1.05. The predicted octanol–water partition coefficient (Wildman–Crippen LogP) is 3.02. The molecule has 0 unspecified atom stereocenters. The first-order valence-corrected chi connectivity index (χ1v) is 9.92. The minimum atomic E-state index is -3.46. The Morgan fingerprint density at radius 2 is 1.85 bits per heavy atom. The van der Waals surface area contributed by atoms with Gasteiger partial charge in [0.1, 0.15) is 11.6 Å². The van der Waals surface area contributed by atoms with Crippen molar-refractivity contribution >= 4 is 33.0 Å². The van der Waals surface area contributed by atoms with E-state index >= 15 is 0 Å². The fraction of sp³-hybridized carbons (Fsp3) is 0.118. The summed E-state index contributed by atoms with van der Waals surface area (Å²) in [6, 6.07) is 9.54. The van der Waals surface area contributed by atoms with Crippen molar-refractivity contribution < 1.29 is 17.6 Å². The van der Waals surface area contributed by atoms with Gasteiger partial charge in [-0.3, -0.25) is 4.79 Å². The Balaban J connectivity index is 1.90. The fourth-order valence-corrected chi connectivity index (χ4v) is 3.13. The number of hydrogen-bond donors (Lipinski definition) is 1. The number of hydrogen-bond acceptors (Lipinski definition) is 5. The summed E-state index contributed by atoms with van der Waals surface area (Å²) in [4.78, 5) is 16.6. The van der Waals surface area contributed by atoms with E-state index in [0.717, 1.165) is 6.26 Å². The molecule has 10 heteroatoms. The van der Waals surface area contributed by atoms with Crippen LogP contribution in [0.2, 0.25) is 5.02 Å². The minimum Gasteiger partial charge on any atom is -0.318 e. The molecule has 2 aromatic carbocycles. The van der Waals surface area contributed by atoms with Gasteiger partial charge in [0.25, 0.3) is 5.91 Å². The van der Waals surface area contributed by atoms with E-state index in [2.05, 4.69) is 15.4 Å². The Morgan fingerprint density at radius 1 is 1.19 bits per heavy atom. The van der Waals surface area contributed by atoms with E-state index in [-0.39, 0.29) is 21.4 Å². The normalized spacial score (nSPS) is 11.4. The van der Waals surface area contributed by atoms with Gasteiger partial charge in [0.05, 0.1) is 21.3 Å². The summed E-state index contributed by atoms with van der Waals surface area (Å²) in [7, 11) is -3.46. The number of carbonyl (C=O) groups excluding carboxylic acids is 1. The van der Waals surface area contributed by atoms with Gasteiger partial charge in [0.15, 0.2) is 9.84 Å². The van der Waals surface area contributed by atoms with Crippen LogP contribution in [0.1, 0.15) is 16.4 Å². The van der Waals surface area contributed by atoms with Gasteiger partial charge < -0.3 is 5.32 Å². The highest BCUT2D eigenvalue weighted by molar-refractivity contribution is 7.90. The zero-order valence-electron chi connectivity index (χ0n) is 14.3. The molecular weight excluding hydrogens is 395 g/mol. The molecule has 0 bridgehead atoms. The summed E-state index contributed by atoms with van der Waals surface area (Å²) in [5.74, 6) is -0.776. The zero-order valence-corrected chi connectivity index (χ0v) is 15.8. The second-order valence-electron chi connectivity index (χ2n) is 5.74. The molecule has 27 heavy (non-hydrogen) atoms. The molecule has 1 N–H and O–H groups in total. The first kappa shape index (κ1) is 19.0. The SMILES string of the molecule is Cc1nc(C(=O)Nc2cc(S(C)(=O)=O)ccc2Cl)nn1-c1ccc(F)cc1. The van der Waals surface area contributed by atoms with Crippen molar-refractivity contribution in [1.29, 1.82) is 0 Å². The summed E-state index contributed by atoms with van der Waals surface area (Å²) in [5.41, 5.74) is 0.665. The van der Waals surface area contributed by atoms with E-state index in [0.29, 0.717) is 11.5 Å². The van der Waals surface area contributed by atoms with Gasteiger partial charge in [0, 0.05) is 6.26 Å². The Bertz CT molecular complexity index is 1130. The van der Waals surface area contributed by atoms with E-state index in [1.54, 1.807) is 6.92 Å². The van der Waals surface area contributed by atoms with Crippen LogP contribution in [0.4, 0.5) is 10.1 Å². The van der Waals surface area contributed by atoms with Crippen LogP contribution in [0, 0.1) is 12.7 Å². The Hall–Kier alpha value is -2.78. The highest BCUT2D eigenvalue weighted by Gasteiger charge is 2.18. The highest BCUT2D eigenvalue weighted by atomic mass is 35.5. The first-order valence-electron chi connectivity index (χ1n) is 7.66. The van der Waals surface area contributed by atoms with E-state index in [1.807, 2.05) is 0 Å². The number of anilines is 1. The molecule has 0 spiro atoms. The number of rotatable bonds is 4. The highest BCUT2D eigenvalue weighted by Crippen LogP contribution is 2.25. The summed E-state index contributed by atoms with van der Waals surface area (Å²) >= 11 is 6.03. The Kier molecular flexibility index (Phi) is 4.99. The molecular formula is C17H14ClFN4O3S. The first-order chi connectivity index (χ1) is 12.6. The largest absolute Gasteiger partial charge is 0.318 e. The number of amides is 1. The maximum Gasteiger partial charge on any atom is 0.295 e. The van der Waals surface area contributed by atoms with E-state index < -0.39 is 21.6 Å². The Morgan fingerprint density at radius 3 is 2.48 bits per heavy atom. The maximum absolute atomic E-state index is 13.1. The fourth-order valence-electron chi connectivity index (χ4n) is 2.32. The van der Waals surface area contributed by atoms with Crippen LogP contribution < -0.4 is 5.32 Å². The lowest BCUT2D eigenvalue weighted by atomic mass is 10.3. The summed E-state index contributed by atoms with van der Waals surface area (Å²) in [5, 5.41) is 6.79. The van der Waals surface area contributed by atoms with Crippen molar-refractivity contribution in [2.45, 2.75) is 11.8 Å². The average Bonchev–Trinajstić information content (AvgIpc) is 2.98. The molecule has 0 aliphatic carbocycles. The van der Waals surface area contributed by atoms with Gasteiger partial charge >= 0.3 is 0 Å². The number of nitrogens with one attached hydrogen (secondary N) is 1. The van der Waals surface area contributed by atoms with E-state index in [4.69, 9.17) is 11.6 Å². The number of aromatic nitrogens is 3. The molecule has 1 amide bonds. The van der Waals surface area contributed by atoms with Crippen LogP contribution >= 0.6 is 11.6 Å². The standard InChI is InChI=1S/C17H14ClFN4O3S/c1-10-20-16(22-23(10)12-5-3-11(19)4-6-12)17(24)21-15-9-13(27(2,25)26)7-8-14(15)18/h3-9H,1-2H3,(H,21,24). The maximum atomic E-state index is 13.1. The molecule has 0 fully saturated rings. The second-order valence-corrected chi connectivity index (χ2v) is 8.16. The molecule has 140 valence electrons. The summed E-state index contributed by atoms with van der Waals surface area (Å²) < 4.78 is 37.8. The topological polar surface area (TPSA) is 93.9 Å². The molecule has 7 nitrogen and oxygen atoms in total. The molecule has 3 rings (SSSR count). The lowest BCUT2D eigenvalue weighted by Gasteiger charge is -2.07. The molecule has 0 atom stereocenters. The van der Waals surface area contributed by atoms with E-state index in [9.17, 15) is 17.6 Å². The van der Waals surface area contributed by atoms with Gasteiger partial charge in [-0.15, -0.1) is 5.10 Å². The number of nitrogens with zero attached hydrogens (tertiary/aromatic N) is 3. The third-order valence-corrected chi connectivity index (χ3v) is 5.10. The van der Waals surface area contributed by atoms with Crippen molar-refractivity contribution in [3.8, 4) is 5.69 Å². The van der Waals surface area contributed by atoms with Crippen molar-refractivity contribution in [2.75, 3.05) is 11.6 Å². The molecule has 0 saturated carbocycles. The number of halogens is 2. The third kappa shape index (κ3) is 4.15. The van der Waals surface area contributed by atoms with Gasteiger partial charge in [-0.1, -0.05) is 11.6 Å². The van der Waals surface area contributed by atoms with Crippen molar-refractivity contribution in [2.24, 2.45) is 0 Å². The monoisotopic (exact) mass is 408 g/mol. The second kappa shape index (κ2) is 7.09. The number of sulfone groups is 1. The molecule has 0 aliphatic heterocycles. The molecule has 1 aromatic heterocycles. The van der Waals surface area contributed by atoms with Crippen LogP contribution in [-0.2, 0) is 9.84 Å². The smallest absolute Gasteiger partial charge is 0.295 e. The quantitative estimate of drug-likeness (QED) is 0.716. The van der Waals surface area contributed by atoms with Crippen molar-refractivity contribution in [3.63, 3.8) is 0 Å². The van der Waals surface area contributed by atoms with Crippen LogP contribution in [0.15, 0.2) is 47.4 Å². The third-order valence-electron chi connectivity index (χ3n) is 3.66. The van der Waals surface area contributed by atoms with E-state index in [1.165, 1.54) is 47.1 Å². The minimum absolute atomic E-state index is 0.0168. The Labute approximate surface area is 159 Å². The zero-order chi connectivity index (χ0) is 19.8. The van der Waals surface area contributed by atoms with Crippen LogP contribution in [0.3, 0.4) is 0 Å². The van der Waals surface area contributed by atoms with Gasteiger partial charge in [-0.2, -0.15) is 0 Å². The van der Waals surface area contributed by atoms with Gasteiger partial charge in [-0.05, 0) is 49.4 Å². The molecule has 0 radical (unpaired) electrons. The van der Waals surface area contributed by atoms with Crippen molar-refractivity contribution in [1.82, 2.24) is 14.8 Å². The lowest BCUT2D eigenvalue weighted by molar-refractivity contribution is 0.101. The number of benzene rings is 2. The predicted molar refractivity (Wildman–Crippen MR) is 98.6 cm³/mol. The van der Waals surface area contributed by atoms with Crippen LogP contribution in [0.25, 0.3) is 5.69 Å². The lowest BCUT2D eigenvalue weighted by Crippen LogP contribution is -2.15. The molecule has 3 aromatic rings. The van der Waals surface area contributed by atoms with Gasteiger partial charge in [-0.25, -0.2) is 22.5 Å². The van der Waals surface area contributed by atoms with Crippen LogP contribution in [-0.4, -0.2) is 35.3 Å². The molecule has 0 saturated heterocycles.